The highest BCUT2D eigenvalue weighted by molar-refractivity contribution is 7.10. The highest BCUT2D eigenvalue weighted by Crippen LogP contribution is 2.47. The number of hydrogen-bond donors (Lipinski definition) is 0. The first-order valence-electron chi connectivity index (χ1n) is 8.44. The minimum absolute atomic E-state index is 0.0987. The van der Waals surface area contributed by atoms with Crippen molar-refractivity contribution in [3.8, 4) is 0 Å². The third-order valence-corrected chi connectivity index (χ3v) is 5.86. The number of nitrogens with zero attached hydrogens (tertiary/aromatic N) is 1. The van der Waals surface area contributed by atoms with Gasteiger partial charge in [0.2, 0.25) is 0 Å². The number of piperidine rings is 1. The molecule has 23 heavy (non-hydrogen) atoms. The Labute approximate surface area is 142 Å². The van der Waals surface area contributed by atoms with Gasteiger partial charge in [-0.2, -0.15) is 0 Å². The summed E-state index contributed by atoms with van der Waals surface area (Å²) in [6, 6.07) is 2.42. The number of carbonyl (C=O) groups is 1. The molecule has 0 N–H and O–H groups in total. The van der Waals surface area contributed by atoms with Crippen LogP contribution in [-0.4, -0.2) is 35.3 Å². The normalized spacial score (nSPS) is 31.1. The van der Waals surface area contributed by atoms with Gasteiger partial charge in [-0.05, 0) is 58.0 Å². The zero-order chi connectivity index (χ0) is 16.8. The summed E-state index contributed by atoms with van der Waals surface area (Å²) in [7, 11) is 0. The van der Waals surface area contributed by atoms with Gasteiger partial charge in [0.1, 0.15) is 11.2 Å². The molecule has 1 saturated heterocycles. The van der Waals surface area contributed by atoms with Gasteiger partial charge in [0, 0.05) is 29.8 Å². The van der Waals surface area contributed by atoms with Crippen molar-refractivity contribution in [3.05, 3.63) is 21.9 Å². The second-order valence-corrected chi connectivity index (χ2v) is 8.78. The number of ether oxygens (including phenoxy) is 2. The molecule has 1 aromatic heterocycles. The monoisotopic (exact) mass is 337 g/mol. The van der Waals surface area contributed by atoms with Crippen molar-refractivity contribution in [3.63, 3.8) is 0 Å². The Morgan fingerprint density at radius 3 is 2.61 bits per heavy atom. The van der Waals surface area contributed by atoms with Gasteiger partial charge in [-0.25, -0.2) is 4.79 Å². The third kappa shape index (κ3) is 3.13. The zero-order valence-electron chi connectivity index (χ0n) is 14.7. The maximum Gasteiger partial charge on any atom is 0.410 e. The number of hydrogen-bond acceptors (Lipinski definition) is 4. The van der Waals surface area contributed by atoms with E-state index < -0.39 is 5.60 Å². The molecule has 5 heteroatoms. The first-order chi connectivity index (χ1) is 10.7. The van der Waals surface area contributed by atoms with Crippen LogP contribution >= 0.6 is 11.3 Å². The summed E-state index contributed by atoms with van der Waals surface area (Å²) < 4.78 is 11.9. The molecular weight excluding hydrogens is 310 g/mol. The number of amides is 1. The van der Waals surface area contributed by atoms with Gasteiger partial charge < -0.3 is 14.4 Å². The maximum absolute atomic E-state index is 12.6. The lowest BCUT2D eigenvalue weighted by Gasteiger charge is -2.50. The molecule has 2 aliphatic heterocycles. The van der Waals surface area contributed by atoms with E-state index in [0.29, 0.717) is 0 Å². The van der Waals surface area contributed by atoms with Gasteiger partial charge in [-0.1, -0.05) is 0 Å². The van der Waals surface area contributed by atoms with Crippen LogP contribution in [0.2, 0.25) is 0 Å². The molecule has 0 radical (unpaired) electrons. The Bertz CT molecular complexity index is 577. The average molecular weight is 337 g/mol. The zero-order valence-corrected chi connectivity index (χ0v) is 15.5. The van der Waals surface area contributed by atoms with Gasteiger partial charge in [0.15, 0.2) is 0 Å². The van der Waals surface area contributed by atoms with Crippen LogP contribution in [0.4, 0.5) is 4.79 Å². The van der Waals surface area contributed by atoms with Crippen LogP contribution in [0.25, 0.3) is 0 Å². The molecule has 2 unspecified atom stereocenters. The molecule has 1 fully saturated rings. The minimum atomic E-state index is -0.464. The molecule has 2 atom stereocenters. The maximum atomic E-state index is 12.6. The number of fused-ring (bicyclic) bond motifs is 2. The fourth-order valence-corrected chi connectivity index (χ4v) is 5.13. The highest BCUT2D eigenvalue weighted by Gasteiger charge is 2.49. The van der Waals surface area contributed by atoms with E-state index in [1.54, 1.807) is 11.3 Å². The molecule has 1 aromatic rings. The number of likely N-dealkylation sites (tertiary alicyclic amines) is 1. The first-order valence-corrected chi connectivity index (χ1v) is 9.32. The van der Waals surface area contributed by atoms with Crippen LogP contribution in [0.15, 0.2) is 11.4 Å². The van der Waals surface area contributed by atoms with Crippen molar-refractivity contribution < 1.29 is 14.3 Å². The Morgan fingerprint density at radius 2 is 2.00 bits per heavy atom. The first kappa shape index (κ1) is 16.8. The number of thiophene rings is 1. The SMILES string of the molecule is CC1CC2(CC(C)N1C(=O)OC(C)(C)C)OCCc1ccsc12. The van der Waals surface area contributed by atoms with Crippen molar-refractivity contribution in [2.45, 2.75) is 77.2 Å². The van der Waals surface area contributed by atoms with Crippen molar-refractivity contribution in [1.29, 1.82) is 0 Å². The summed E-state index contributed by atoms with van der Waals surface area (Å²) in [6.07, 6.45) is 2.46. The molecule has 2 aliphatic rings. The van der Waals surface area contributed by atoms with Gasteiger partial charge in [0.05, 0.1) is 6.61 Å². The van der Waals surface area contributed by atoms with Crippen molar-refractivity contribution in [1.82, 2.24) is 4.90 Å². The molecule has 0 aromatic carbocycles. The summed E-state index contributed by atoms with van der Waals surface area (Å²) in [5.41, 5.74) is 0.735. The van der Waals surface area contributed by atoms with Crippen LogP contribution < -0.4 is 0 Å². The molecule has 128 valence electrons. The van der Waals surface area contributed by atoms with Crippen LogP contribution in [0, 0.1) is 0 Å². The fraction of sp³-hybridized carbons (Fsp3) is 0.722. The lowest BCUT2D eigenvalue weighted by Crippen LogP contribution is -2.57. The molecule has 3 heterocycles. The number of rotatable bonds is 0. The summed E-state index contributed by atoms with van der Waals surface area (Å²) in [5, 5.41) is 2.16. The second kappa shape index (κ2) is 5.78. The Kier molecular flexibility index (Phi) is 4.21. The molecule has 3 rings (SSSR count). The fourth-order valence-electron chi connectivity index (χ4n) is 4.00. The van der Waals surface area contributed by atoms with Crippen molar-refractivity contribution in [2.75, 3.05) is 6.61 Å². The predicted molar refractivity (Wildman–Crippen MR) is 91.9 cm³/mol. The van der Waals surface area contributed by atoms with E-state index in [1.807, 2.05) is 25.7 Å². The summed E-state index contributed by atoms with van der Waals surface area (Å²) in [6.45, 7) is 10.7. The summed E-state index contributed by atoms with van der Waals surface area (Å²) >= 11 is 1.79. The van der Waals surface area contributed by atoms with E-state index in [9.17, 15) is 4.79 Å². The van der Waals surface area contributed by atoms with Gasteiger partial charge in [-0.3, -0.25) is 0 Å². The molecule has 4 nitrogen and oxygen atoms in total. The largest absolute Gasteiger partial charge is 0.444 e. The lowest BCUT2D eigenvalue weighted by molar-refractivity contribution is -0.122. The molecule has 0 aliphatic carbocycles. The van der Waals surface area contributed by atoms with Crippen molar-refractivity contribution >= 4 is 17.4 Å². The Morgan fingerprint density at radius 1 is 1.35 bits per heavy atom. The topological polar surface area (TPSA) is 38.8 Å². The van der Waals surface area contributed by atoms with Crippen LogP contribution in [0.5, 0.6) is 0 Å². The average Bonchev–Trinajstić information content (AvgIpc) is 2.85. The van der Waals surface area contributed by atoms with Gasteiger partial charge in [-0.15, -0.1) is 11.3 Å². The predicted octanol–water partition coefficient (Wildman–Crippen LogP) is 4.32. The Balaban J connectivity index is 1.82. The van der Waals surface area contributed by atoms with Crippen molar-refractivity contribution in [2.24, 2.45) is 0 Å². The van der Waals surface area contributed by atoms with E-state index in [1.165, 1.54) is 10.4 Å². The van der Waals surface area contributed by atoms with E-state index in [2.05, 4.69) is 25.3 Å². The third-order valence-electron chi connectivity index (χ3n) is 4.71. The van der Waals surface area contributed by atoms with Crippen LogP contribution in [0.1, 0.15) is 57.9 Å². The van der Waals surface area contributed by atoms with Gasteiger partial charge in [0.25, 0.3) is 0 Å². The van der Waals surface area contributed by atoms with E-state index in [0.717, 1.165) is 25.9 Å². The summed E-state index contributed by atoms with van der Waals surface area (Å²) in [5.74, 6) is 0. The van der Waals surface area contributed by atoms with Crippen LogP contribution in [-0.2, 0) is 21.5 Å². The molecular formula is C18H27NO3S. The quantitative estimate of drug-likeness (QED) is 0.707. The van der Waals surface area contributed by atoms with Crippen LogP contribution in [0.3, 0.4) is 0 Å². The number of carbonyl (C=O) groups excluding carboxylic acids is 1. The van der Waals surface area contributed by atoms with E-state index >= 15 is 0 Å². The minimum Gasteiger partial charge on any atom is -0.444 e. The Hall–Kier alpha value is -1.07. The molecule has 1 amide bonds. The lowest BCUT2D eigenvalue weighted by atomic mass is 9.79. The van der Waals surface area contributed by atoms with E-state index in [4.69, 9.17) is 9.47 Å². The smallest absolute Gasteiger partial charge is 0.410 e. The molecule has 0 saturated carbocycles. The second-order valence-electron chi connectivity index (χ2n) is 7.86. The highest BCUT2D eigenvalue weighted by atomic mass is 32.1. The van der Waals surface area contributed by atoms with E-state index in [-0.39, 0.29) is 23.8 Å². The standard InChI is InChI=1S/C18H27NO3S/c1-12-10-18(15-14(6-8-21-18)7-9-23-15)11-13(2)19(12)16(20)22-17(3,4)5/h7,9,12-13H,6,8,10-11H2,1-5H3. The van der Waals surface area contributed by atoms with Gasteiger partial charge >= 0.3 is 6.09 Å². The molecule has 0 bridgehead atoms. The summed E-state index contributed by atoms with van der Waals surface area (Å²) in [4.78, 5) is 15.8. The molecule has 1 spiro atoms.